The van der Waals surface area contributed by atoms with Gasteiger partial charge in [0, 0.05) is 12.3 Å². The van der Waals surface area contributed by atoms with E-state index in [1.54, 1.807) is 16.4 Å². The molecule has 1 aromatic rings. The number of rotatable bonds is 3. The zero-order valence-corrected chi connectivity index (χ0v) is 11.0. The summed E-state index contributed by atoms with van der Waals surface area (Å²) in [5, 5.41) is 21.8. The van der Waals surface area contributed by atoms with Crippen LogP contribution in [-0.4, -0.2) is 25.5 Å². The molecular weight excluding hydrogens is 234 g/mol. The van der Waals surface area contributed by atoms with Crippen molar-refractivity contribution in [1.29, 1.82) is 5.26 Å². The fourth-order valence-electron chi connectivity index (χ4n) is 2.32. The SMILES string of the molecule is CCC1CCC(C#N)C(Sc2nnnn2C)C1. The van der Waals surface area contributed by atoms with Crippen LogP contribution in [0.1, 0.15) is 32.6 Å². The van der Waals surface area contributed by atoms with Crippen LogP contribution in [0.25, 0.3) is 0 Å². The van der Waals surface area contributed by atoms with Gasteiger partial charge in [0.1, 0.15) is 0 Å². The summed E-state index contributed by atoms with van der Waals surface area (Å²) in [7, 11) is 1.84. The lowest BCUT2D eigenvalue weighted by Gasteiger charge is -2.31. The zero-order valence-electron chi connectivity index (χ0n) is 10.2. The van der Waals surface area contributed by atoms with Gasteiger partial charge < -0.3 is 0 Å². The van der Waals surface area contributed by atoms with E-state index < -0.39 is 0 Å². The van der Waals surface area contributed by atoms with E-state index in [-0.39, 0.29) is 5.92 Å². The molecule has 1 aromatic heterocycles. The van der Waals surface area contributed by atoms with Crippen molar-refractivity contribution >= 4 is 11.8 Å². The first kappa shape index (κ1) is 12.4. The third-order valence-electron chi connectivity index (χ3n) is 3.48. The van der Waals surface area contributed by atoms with E-state index in [0.717, 1.165) is 23.9 Å². The normalized spacial score (nSPS) is 28.9. The van der Waals surface area contributed by atoms with Crippen LogP contribution >= 0.6 is 11.8 Å². The molecule has 5 nitrogen and oxygen atoms in total. The van der Waals surface area contributed by atoms with Gasteiger partial charge in [-0.15, -0.1) is 5.10 Å². The van der Waals surface area contributed by atoms with E-state index in [1.165, 1.54) is 12.8 Å². The summed E-state index contributed by atoms with van der Waals surface area (Å²) in [5.74, 6) is 0.887. The molecule has 0 aromatic carbocycles. The Morgan fingerprint density at radius 1 is 1.53 bits per heavy atom. The molecule has 1 fully saturated rings. The van der Waals surface area contributed by atoms with Gasteiger partial charge in [-0.05, 0) is 35.6 Å². The first-order valence-corrected chi connectivity index (χ1v) is 6.91. The quantitative estimate of drug-likeness (QED) is 0.822. The van der Waals surface area contributed by atoms with Gasteiger partial charge >= 0.3 is 0 Å². The first-order chi connectivity index (χ1) is 8.24. The summed E-state index contributed by atoms with van der Waals surface area (Å²) in [6.07, 6.45) is 4.50. The van der Waals surface area contributed by atoms with Gasteiger partial charge in [-0.25, -0.2) is 4.68 Å². The summed E-state index contributed by atoms with van der Waals surface area (Å²) in [4.78, 5) is 0. The Balaban J connectivity index is 2.06. The molecule has 3 unspecified atom stereocenters. The molecule has 92 valence electrons. The minimum Gasteiger partial charge on any atom is -0.224 e. The van der Waals surface area contributed by atoms with E-state index in [0.29, 0.717) is 5.25 Å². The van der Waals surface area contributed by atoms with Crippen molar-refractivity contribution in [2.45, 2.75) is 43.0 Å². The third-order valence-corrected chi connectivity index (χ3v) is 4.86. The molecular formula is C11H17N5S. The number of aryl methyl sites for hydroxylation is 1. The van der Waals surface area contributed by atoms with Crippen molar-refractivity contribution in [3.63, 3.8) is 0 Å². The van der Waals surface area contributed by atoms with Crippen molar-refractivity contribution in [2.75, 3.05) is 0 Å². The fraction of sp³-hybridized carbons (Fsp3) is 0.818. The van der Waals surface area contributed by atoms with Gasteiger partial charge in [-0.1, -0.05) is 25.1 Å². The Kier molecular flexibility index (Phi) is 4.00. The molecule has 6 heteroatoms. The lowest BCUT2D eigenvalue weighted by Crippen LogP contribution is -2.26. The average Bonchev–Trinajstić information content (AvgIpc) is 2.75. The maximum atomic E-state index is 9.20. The molecule has 1 aliphatic rings. The Morgan fingerprint density at radius 2 is 2.35 bits per heavy atom. The van der Waals surface area contributed by atoms with Crippen LogP contribution in [0.15, 0.2) is 5.16 Å². The Morgan fingerprint density at radius 3 is 2.94 bits per heavy atom. The summed E-state index contributed by atoms with van der Waals surface area (Å²) >= 11 is 1.65. The Bertz CT molecular complexity index is 410. The van der Waals surface area contributed by atoms with Gasteiger partial charge in [0.15, 0.2) is 0 Å². The standard InChI is InChI=1S/C11H17N5S/c1-3-8-4-5-9(7-12)10(6-8)17-11-13-14-15-16(11)2/h8-10H,3-6H2,1-2H3. The largest absolute Gasteiger partial charge is 0.224 e. The van der Waals surface area contributed by atoms with Crippen molar-refractivity contribution in [1.82, 2.24) is 20.2 Å². The molecule has 1 aliphatic carbocycles. The van der Waals surface area contributed by atoms with E-state index in [4.69, 9.17) is 0 Å². The summed E-state index contributed by atoms with van der Waals surface area (Å²) in [6.45, 7) is 2.23. The average molecular weight is 251 g/mol. The molecule has 0 radical (unpaired) electrons. The van der Waals surface area contributed by atoms with E-state index >= 15 is 0 Å². The highest BCUT2D eigenvalue weighted by Gasteiger charge is 2.31. The lowest BCUT2D eigenvalue weighted by atomic mass is 9.81. The Hall–Kier alpha value is -1.09. The second-order valence-electron chi connectivity index (χ2n) is 4.56. The van der Waals surface area contributed by atoms with Crippen molar-refractivity contribution in [3.05, 3.63) is 0 Å². The predicted octanol–water partition coefficient (Wildman–Crippen LogP) is 2.02. The maximum Gasteiger partial charge on any atom is 0.209 e. The monoisotopic (exact) mass is 251 g/mol. The molecule has 3 atom stereocenters. The number of tetrazole rings is 1. The molecule has 0 N–H and O–H groups in total. The summed E-state index contributed by atoms with van der Waals surface area (Å²) in [6, 6.07) is 2.43. The molecule has 2 rings (SSSR count). The van der Waals surface area contributed by atoms with Crippen molar-refractivity contribution in [2.24, 2.45) is 18.9 Å². The fourth-order valence-corrected chi connectivity index (χ4v) is 3.59. The van der Waals surface area contributed by atoms with Gasteiger partial charge in [-0.2, -0.15) is 5.26 Å². The number of aromatic nitrogens is 4. The van der Waals surface area contributed by atoms with Gasteiger partial charge in [0.2, 0.25) is 5.16 Å². The molecule has 1 heterocycles. The molecule has 17 heavy (non-hydrogen) atoms. The van der Waals surface area contributed by atoms with Crippen LogP contribution < -0.4 is 0 Å². The number of thioether (sulfide) groups is 1. The van der Waals surface area contributed by atoms with Gasteiger partial charge in [-0.3, -0.25) is 0 Å². The van der Waals surface area contributed by atoms with E-state index in [2.05, 4.69) is 28.5 Å². The Labute approximate surface area is 106 Å². The molecule has 1 saturated carbocycles. The molecule has 0 aliphatic heterocycles. The number of nitriles is 1. The minimum atomic E-state index is 0.138. The summed E-state index contributed by atoms with van der Waals surface area (Å²) < 4.78 is 1.68. The third kappa shape index (κ3) is 2.78. The highest BCUT2D eigenvalue weighted by Crippen LogP contribution is 2.39. The number of hydrogen-bond donors (Lipinski definition) is 0. The lowest BCUT2D eigenvalue weighted by molar-refractivity contribution is 0.316. The summed E-state index contributed by atoms with van der Waals surface area (Å²) in [5.41, 5.74) is 0. The number of nitrogens with zero attached hydrogens (tertiary/aromatic N) is 5. The highest BCUT2D eigenvalue weighted by atomic mass is 32.2. The molecule has 0 amide bonds. The van der Waals surface area contributed by atoms with Crippen LogP contribution in [0, 0.1) is 23.2 Å². The zero-order chi connectivity index (χ0) is 12.3. The molecule has 0 saturated heterocycles. The topological polar surface area (TPSA) is 67.4 Å². The predicted molar refractivity (Wildman–Crippen MR) is 65.2 cm³/mol. The van der Waals surface area contributed by atoms with Crippen LogP contribution in [-0.2, 0) is 7.05 Å². The second-order valence-corrected chi connectivity index (χ2v) is 5.77. The van der Waals surface area contributed by atoms with Gasteiger partial charge in [0.25, 0.3) is 0 Å². The molecule has 0 bridgehead atoms. The van der Waals surface area contributed by atoms with Gasteiger partial charge in [0.05, 0.1) is 12.0 Å². The molecule has 0 spiro atoms. The van der Waals surface area contributed by atoms with Crippen LogP contribution in [0.2, 0.25) is 0 Å². The highest BCUT2D eigenvalue weighted by molar-refractivity contribution is 7.99. The first-order valence-electron chi connectivity index (χ1n) is 6.03. The van der Waals surface area contributed by atoms with Crippen LogP contribution in [0.3, 0.4) is 0 Å². The van der Waals surface area contributed by atoms with E-state index in [9.17, 15) is 5.26 Å². The van der Waals surface area contributed by atoms with Crippen molar-refractivity contribution < 1.29 is 0 Å². The minimum absolute atomic E-state index is 0.138. The van der Waals surface area contributed by atoms with E-state index in [1.807, 2.05) is 7.05 Å². The second kappa shape index (κ2) is 5.50. The van der Waals surface area contributed by atoms with Crippen molar-refractivity contribution in [3.8, 4) is 6.07 Å². The van der Waals surface area contributed by atoms with Crippen LogP contribution in [0.5, 0.6) is 0 Å². The van der Waals surface area contributed by atoms with Crippen LogP contribution in [0.4, 0.5) is 0 Å². The smallest absolute Gasteiger partial charge is 0.209 e. The number of hydrogen-bond acceptors (Lipinski definition) is 5. The maximum absolute atomic E-state index is 9.20.